The molecule has 206 valence electrons. The lowest BCUT2D eigenvalue weighted by Gasteiger charge is -2.37. The molecule has 2 aliphatic rings. The van der Waals surface area contributed by atoms with E-state index in [1.165, 1.54) is 6.07 Å². The minimum Gasteiger partial charge on any atom is -0.396 e. The molecular weight excluding hydrogens is 501 g/mol. The Hall–Kier alpha value is -3.02. The van der Waals surface area contributed by atoms with Crippen molar-refractivity contribution in [3.8, 4) is 0 Å². The number of aliphatic hydroxyl groups excluding tert-OH is 1. The van der Waals surface area contributed by atoms with Gasteiger partial charge in [-0.3, -0.25) is 14.6 Å². The van der Waals surface area contributed by atoms with Crippen LogP contribution in [0.2, 0.25) is 0 Å². The number of rotatable bonds is 8. The summed E-state index contributed by atoms with van der Waals surface area (Å²) in [5, 5.41) is 26.5. The summed E-state index contributed by atoms with van der Waals surface area (Å²) in [7, 11) is 0. The molecular formula is C27H33F3N4O4. The maximum Gasteiger partial charge on any atom is 0.416 e. The average Bonchev–Trinajstić information content (AvgIpc) is 3.31. The molecule has 0 spiro atoms. The van der Waals surface area contributed by atoms with Crippen LogP contribution in [0, 0.1) is 0 Å². The Kier molecular flexibility index (Phi) is 8.69. The SMILES string of the molecule is O=C(NCC(=O)N1C[C@@H](NC2CCC(O)(c3ccccn3)CC2)C[C@H]1CCO)c1cccc(C(F)(F)F)c1. The number of aromatic nitrogens is 1. The Bertz CT molecular complexity index is 1110. The molecule has 2 heterocycles. The molecule has 0 radical (unpaired) electrons. The van der Waals surface area contributed by atoms with Crippen molar-refractivity contribution >= 4 is 11.8 Å². The van der Waals surface area contributed by atoms with Crippen molar-refractivity contribution < 1.29 is 33.0 Å². The molecule has 38 heavy (non-hydrogen) atoms. The summed E-state index contributed by atoms with van der Waals surface area (Å²) in [6.07, 6.45) is 0.744. The molecule has 1 saturated heterocycles. The molecule has 1 aromatic carbocycles. The summed E-state index contributed by atoms with van der Waals surface area (Å²) in [5.74, 6) is -1.12. The van der Waals surface area contributed by atoms with E-state index in [9.17, 15) is 33.0 Å². The molecule has 2 aromatic rings. The number of halogens is 3. The lowest BCUT2D eigenvalue weighted by molar-refractivity contribution is -0.137. The summed E-state index contributed by atoms with van der Waals surface area (Å²) < 4.78 is 38.9. The quantitative estimate of drug-likeness (QED) is 0.414. The van der Waals surface area contributed by atoms with Crippen molar-refractivity contribution in [1.29, 1.82) is 0 Å². The number of aliphatic hydroxyl groups is 2. The number of likely N-dealkylation sites (tertiary alicyclic amines) is 1. The summed E-state index contributed by atoms with van der Waals surface area (Å²) in [6, 6.07) is 9.48. The van der Waals surface area contributed by atoms with E-state index in [-0.39, 0.29) is 42.7 Å². The largest absolute Gasteiger partial charge is 0.416 e. The molecule has 4 rings (SSSR count). The third-order valence-electron chi connectivity index (χ3n) is 7.48. The van der Waals surface area contributed by atoms with E-state index < -0.39 is 23.2 Å². The van der Waals surface area contributed by atoms with Crippen molar-refractivity contribution in [2.45, 2.75) is 68.4 Å². The van der Waals surface area contributed by atoms with Crippen molar-refractivity contribution in [3.63, 3.8) is 0 Å². The summed E-state index contributed by atoms with van der Waals surface area (Å²) in [6.45, 7) is -0.0630. The van der Waals surface area contributed by atoms with Crippen molar-refractivity contribution in [1.82, 2.24) is 20.5 Å². The molecule has 1 saturated carbocycles. The lowest BCUT2D eigenvalue weighted by atomic mass is 9.79. The van der Waals surface area contributed by atoms with Gasteiger partial charge in [0.15, 0.2) is 0 Å². The molecule has 0 bridgehead atoms. The maximum atomic E-state index is 13.0. The molecule has 1 aliphatic carbocycles. The zero-order chi connectivity index (χ0) is 27.3. The van der Waals surface area contributed by atoms with E-state index in [1.54, 1.807) is 11.1 Å². The molecule has 1 aromatic heterocycles. The first kappa shape index (κ1) is 28.0. The van der Waals surface area contributed by atoms with E-state index in [4.69, 9.17) is 0 Å². The highest BCUT2D eigenvalue weighted by atomic mass is 19.4. The smallest absolute Gasteiger partial charge is 0.396 e. The van der Waals surface area contributed by atoms with Crippen LogP contribution in [0.15, 0.2) is 48.7 Å². The number of benzene rings is 1. The molecule has 0 unspecified atom stereocenters. The van der Waals surface area contributed by atoms with Crippen LogP contribution in [0.1, 0.15) is 60.1 Å². The van der Waals surface area contributed by atoms with Gasteiger partial charge in [-0.05, 0) is 68.9 Å². The van der Waals surface area contributed by atoms with Crippen LogP contribution in [0.5, 0.6) is 0 Å². The van der Waals surface area contributed by atoms with Gasteiger partial charge in [-0.1, -0.05) is 12.1 Å². The van der Waals surface area contributed by atoms with Crippen LogP contribution in [-0.2, 0) is 16.6 Å². The summed E-state index contributed by atoms with van der Waals surface area (Å²) >= 11 is 0. The number of pyridine rings is 1. The highest BCUT2D eigenvalue weighted by Gasteiger charge is 2.39. The number of hydrogen-bond donors (Lipinski definition) is 4. The number of nitrogens with one attached hydrogen (secondary N) is 2. The topological polar surface area (TPSA) is 115 Å². The van der Waals surface area contributed by atoms with E-state index in [1.807, 2.05) is 18.2 Å². The van der Waals surface area contributed by atoms with Gasteiger partial charge < -0.3 is 25.7 Å². The van der Waals surface area contributed by atoms with Gasteiger partial charge in [0.2, 0.25) is 5.91 Å². The minimum absolute atomic E-state index is 0.0132. The maximum absolute atomic E-state index is 13.0. The normalized spacial score (nSPS) is 25.8. The Morgan fingerprint density at radius 2 is 1.87 bits per heavy atom. The Morgan fingerprint density at radius 3 is 2.53 bits per heavy atom. The van der Waals surface area contributed by atoms with Gasteiger partial charge in [0.1, 0.15) is 5.60 Å². The van der Waals surface area contributed by atoms with Gasteiger partial charge in [0.05, 0.1) is 17.8 Å². The number of amides is 2. The van der Waals surface area contributed by atoms with Crippen LogP contribution in [0.25, 0.3) is 0 Å². The molecule has 2 amide bonds. The number of hydrogen-bond acceptors (Lipinski definition) is 6. The number of nitrogens with zero attached hydrogens (tertiary/aromatic N) is 2. The highest BCUT2D eigenvalue weighted by molar-refractivity contribution is 5.96. The predicted octanol–water partition coefficient (Wildman–Crippen LogP) is 2.60. The van der Waals surface area contributed by atoms with Crippen molar-refractivity contribution in [3.05, 3.63) is 65.5 Å². The second-order valence-electron chi connectivity index (χ2n) is 10.1. The highest BCUT2D eigenvalue weighted by Crippen LogP contribution is 2.36. The fraction of sp³-hybridized carbons (Fsp3) is 0.519. The van der Waals surface area contributed by atoms with E-state index in [2.05, 4.69) is 15.6 Å². The van der Waals surface area contributed by atoms with Gasteiger partial charge in [-0.25, -0.2) is 0 Å². The first-order valence-electron chi connectivity index (χ1n) is 12.8. The van der Waals surface area contributed by atoms with Crippen LogP contribution < -0.4 is 10.6 Å². The van der Waals surface area contributed by atoms with Crippen molar-refractivity contribution in [2.75, 3.05) is 19.7 Å². The van der Waals surface area contributed by atoms with Crippen LogP contribution >= 0.6 is 0 Å². The molecule has 11 heteroatoms. The lowest BCUT2D eigenvalue weighted by Crippen LogP contribution is -2.46. The second kappa shape index (κ2) is 11.8. The Morgan fingerprint density at radius 1 is 1.11 bits per heavy atom. The average molecular weight is 535 g/mol. The van der Waals surface area contributed by atoms with Crippen LogP contribution in [0.4, 0.5) is 13.2 Å². The van der Waals surface area contributed by atoms with Crippen molar-refractivity contribution in [2.24, 2.45) is 0 Å². The van der Waals surface area contributed by atoms with E-state index in [0.29, 0.717) is 37.9 Å². The number of alkyl halides is 3. The fourth-order valence-electron chi connectivity index (χ4n) is 5.45. The zero-order valence-corrected chi connectivity index (χ0v) is 21.0. The first-order valence-corrected chi connectivity index (χ1v) is 12.8. The van der Waals surface area contributed by atoms with E-state index in [0.717, 1.165) is 31.0 Å². The molecule has 2 atom stereocenters. The van der Waals surface area contributed by atoms with Gasteiger partial charge in [0, 0.05) is 43.0 Å². The van der Waals surface area contributed by atoms with Crippen LogP contribution in [-0.4, -0.2) is 69.7 Å². The summed E-state index contributed by atoms with van der Waals surface area (Å²) in [5.41, 5.74) is -1.39. The van der Waals surface area contributed by atoms with Gasteiger partial charge >= 0.3 is 6.18 Å². The monoisotopic (exact) mass is 534 g/mol. The van der Waals surface area contributed by atoms with Gasteiger partial charge in [0.25, 0.3) is 5.91 Å². The molecule has 1 aliphatic heterocycles. The summed E-state index contributed by atoms with van der Waals surface area (Å²) in [4.78, 5) is 31.3. The Labute approximate surface area is 219 Å². The Balaban J connectivity index is 1.30. The molecule has 8 nitrogen and oxygen atoms in total. The third-order valence-corrected chi connectivity index (χ3v) is 7.48. The second-order valence-corrected chi connectivity index (χ2v) is 10.1. The first-order chi connectivity index (χ1) is 18.1. The third kappa shape index (κ3) is 6.69. The minimum atomic E-state index is -4.57. The standard InChI is InChI=1S/C27H33F3N4O4/c28-27(29,30)19-5-3-4-18(14-19)25(37)32-16-24(36)34-17-21(15-22(34)9-13-35)33-20-7-10-26(38,11-8-20)23-6-1-2-12-31-23/h1-6,12,14,20-22,33,35,38H,7-11,13,15-17H2,(H,32,37)/t20?,21-,22+,26?/m0/s1. The van der Waals surface area contributed by atoms with E-state index >= 15 is 0 Å². The zero-order valence-electron chi connectivity index (χ0n) is 21.0. The predicted molar refractivity (Wildman–Crippen MR) is 133 cm³/mol. The fourth-order valence-corrected chi connectivity index (χ4v) is 5.45. The molecule has 2 fully saturated rings. The van der Waals surface area contributed by atoms with Gasteiger partial charge in [-0.2, -0.15) is 13.2 Å². The van der Waals surface area contributed by atoms with Crippen LogP contribution in [0.3, 0.4) is 0 Å². The van der Waals surface area contributed by atoms with Gasteiger partial charge in [-0.15, -0.1) is 0 Å². The number of carbonyl (C=O) groups is 2. The number of carbonyl (C=O) groups excluding carboxylic acids is 2. The molecule has 4 N–H and O–H groups in total.